The van der Waals surface area contributed by atoms with Crippen molar-refractivity contribution in [3.05, 3.63) is 33.9 Å². The van der Waals surface area contributed by atoms with Gasteiger partial charge in [-0.1, -0.05) is 13.8 Å². The minimum atomic E-state index is -0.544. The summed E-state index contributed by atoms with van der Waals surface area (Å²) in [6.07, 6.45) is 1.10. The monoisotopic (exact) mass is 291 g/mol. The standard InChI is InChI=1S/C15H21N3O3/c1-9-6-10(2)11(3)17(8-9)15(19)12-4-5-14(18(20)21)13(16)7-12/h4-5,7,9-11H,6,8,16H2,1-3H3. The SMILES string of the molecule is CC1CC(C)C(C)N(C(=O)c2ccc([N+](=O)[O-])c(N)c2)C1. The number of hydrogen-bond donors (Lipinski definition) is 1. The molecule has 1 aliphatic heterocycles. The molecule has 0 radical (unpaired) electrons. The first-order valence-electron chi connectivity index (χ1n) is 7.16. The summed E-state index contributed by atoms with van der Waals surface area (Å²) in [4.78, 5) is 24.7. The number of carbonyl (C=O) groups is 1. The topological polar surface area (TPSA) is 89.5 Å². The van der Waals surface area contributed by atoms with Crippen LogP contribution in [0.15, 0.2) is 18.2 Å². The third-order valence-corrected chi connectivity index (χ3v) is 4.33. The highest BCUT2D eigenvalue weighted by molar-refractivity contribution is 5.96. The molecule has 1 amide bonds. The Labute approximate surface area is 124 Å². The lowest BCUT2D eigenvalue weighted by atomic mass is 9.85. The highest BCUT2D eigenvalue weighted by atomic mass is 16.6. The summed E-state index contributed by atoms with van der Waals surface area (Å²) in [5, 5.41) is 10.8. The second-order valence-electron chi connectivity index (χ2n) is 6.05. The van der Waals surface area contributed by atoms with Crippen LogP contribution < -0.4 is 5.73 Å². The molecule has 0 spiro atoms. The van der Waals surface area contributed by atoms with Gasteiger partial charge in [0.25, 0.3) is 11.6 Å². The van der Waals surface area contributed by atoms with Gasteiger partial charge in [-0.3, -0.25) is 14.9 Å². The van der Waals surface area contributed by atoms with Crippen molar-refractivity contribution in [3.63, 3.8) is 0 Å². The Balaban J connectivity index is 2.27. The molecule has 1 saturated heterocycles. The molecule has 1 fully saturated rings. The van der Waals surface area contributed by atoms with Gasteiger partial charge in [0, 0.05) is 24.2 Å². The fourth-order valence-corrected chi connectivity index (χ4v) is 3.00. The number of benzene rings is 1. The molecule has 1 aromatic rings. The van der Waals surface area contributed by atoms with Gasteiger partial charge in [-0.05, 0) is 37.3 Å². The van der Waals surface area contributed by atoms with E-state index >= 15 is 0 Å². The zero-order valence-electron chi connectivity index (χ0n) is 12.6. The number of nitrogen functional groups attached to an aromatic ring is 1. The lowest BCUT2D eigenvalue weighted by Crippen LogP contribution is -2.48. The Morgan fingerprint density at radius 3 is 2.62 bits per heavy atom. The number of likely N-dealkylation sites (tertiary alicyclic amines) is 1. The van der Waals surface area contributed by atoms with E-state index in [-0.39, 0.29) is 23.3 Å². The molecule has 1 heterocycles. The van der Waals surface area contributed by atoms with Crippen LogP contribution in [0.5, 0.6) is 0 Å². The number of nitrogens with zero attached hydrogens (tertiary/aromatic N) is 2. The van der Waals surface area contributed by atoms with Gasteiger partial charge in [-0.25, -0.2) is 0 Å². The number of nitro groups is 1. The predicted molar refractivity (Wildman–Crippen MR) is 81.0 cm³/mol. The summed E-state index contributed by atoms with van der Waals surface area (Å²) in [5.41, 5.74) is 5.93. The number of nitrogens with two attached hydrogens (primary N) is 1. The number of hydrogen-bond acceptors (Lipinski definition) is 4. The van der Waals surface area contributed by atoms with Gasteiger partial charge < -0.3 is 10.6 Å². The molecule has 21 heavy (non-hydrogen) atoms. The molecule has 0 aromatic heterocycles. The van der Waals surface area contributed by atoms with E-state index in [1.165, 1.54) is 18.2 Å². The van der Waals surface area contributed by atoms with E-state index in [0.717, 1.165) is 6.42 Å². The van der Waals surface area contributed by atoms with E-state index in [1.807, 2.05) is 11.8 Å². The lowest BCUT2D eigenvalue weighted by Gasteiger charge is -2.41. The average molecular weight is 291 g/mol. The first-order valence-corrected chi connectivity index (χ1v) is 7.16. The summed E-state index contributed by atoms with van der Waals surface area (Å²) in [6, 6.07) is 4.33. The molecule has 3 unspecified atom stereocenters. The van der Waals surface area contributed by atoms with Crippen LogP contribution >= 0.6 is 0 Å². The second kappa shape index (κ2) is 5.71. The zero-order chi connectivity index (χ0) is 15.7. The van der Waals surface area contributed by atoms with Crippen LogP contribution in [0.2, 0.25) is 0 Å². The molecule has 0 aliphatic carbocycles. The van der Waals surface area contributed by atoms with Crippen molar-refractivity contribution in [2.24, 2.45) is 11.8 Å². The second-order valence-corrected chi connectivity index (χ2v) is 6.05. The number of amides is 1. The van der Waals surface area contributed by atoms with Gasteiger partial charge >= 0.3 is 0 Å². The fraction of sp³-hybridized carbons (Fsp3) is 0.533. The maximum absolute atomic E-state index is 12.6. The number of anilines is 1. The molecule has 1 aromatic carbocycles. The number of nitro benzene ring substituents is 1. The smallest absolute Gasteiger partial charge is 0.292 e. The Bertz CT molecular complexity index is 573. The molecule has 114 valence electrons. The largest absolute Gasteiger partial charge is 0.393 e. The number of rotatable bonds is 2. The van der Waals surface area contributed by atoms with Gasteiger partial charge in [-0.2, -0.15) is 0 Å². The number of carbonyl (C=O) groups excluding carboxylic acids is 1. The molecule has 2 N–H and O–H groups in total. The van der Waals surface area contributed by atoms with E-state index in [0.29, 0.717) is 23.9 Å². The van der Waals surface area contributed by atoms with Crippen molar-refractivity contribution in [1.29, 1.82) is 0 Å². The minimum Gasteiger partial charge on any atom is -0.393 e. The number of piperidine rings is 1. The van der Waals surface area contributed by atoms with E-state index in [2.05, 4.69) is 13.8 Å². The lowest BCUT2D eigenvalue weighted by molar-refractivity contribution is -0.383. The Hall–Kier alpha value is -2.11. The van der Waals surface area contributed by atoms with Crippen LogP contribution in [-0.4, -0.2) is 28.3 Å². The molecular weight excluding hydrogens is 270 g/mol. The van der Waals surface area contributed by atoms with E-state index in [9.17, 15) is 14.9 Å². The maximum atomic E-state index is 12.6. The van der Waals surface area contributed by atoms with Crippen LogP contribution in [0.4, 0.5) is 11.4 Å². The minimum absolute atomic E-state index is 0.0246. The fourth-order valence-electron chi connectivity index (χ4n) is 3.00. The molecule has 0 bridgehead atoms. The molecule has 3 atom stereocenters. The predicted octanol–water partition coefficient (Wildman–Crippen LogP) is 2.68. The van der Waals surface area contributed by atoms with E-state index < -0.39 is 4.92 Å². The Kier molecular flexibility index (Phi) is 4.16. The van der Waals surface area contributed by atoms with Gasteiger partial charge in [0.15, 0.2) is 0 Å². The molecule has 0 saturated carbocycles. The molecule has 6 nitrogen and oxygen atoms in total. The summed E-state index contributed by atoms with van der Waals surface area (Å²) in [5.74, 6) is 0.783. The van der Waals surface area contributed by atoms with Gasteiger partial charge in [0.1, 0.15) is 5.69 Å². The van der Waals surface area contributed by atoms with Crippen molar-refractivity contribution >= 4 is 17.3 Å². The van der Waals surface area contributed by atoms with E-state index in [4.69, 9.17) is 5.73 Å². The van der Waals surface area contributed by atoms with Crippen molar-refractivity contribution in [2.75, 3.05) is 12.3 Å². The van der Waals surface area contributed by atoms with Crippen molar-refractivity contribution in [1.82, 2.24) is 4.90 Å². The van der Waals surface area contributed by atoms with Crippen molar-refractivity contribution < 1.29 is 9.72 Å². The first-order chi connectivity index (χ1) is 9.81. The third kappa shape index (κ3) is 2.99. The van der Waals surface area contributed by atoms with Gasteiger partial charge in [0.05, 0.1) is 4.92 Å². The highest BCUT2D eigenvalue weighted by Crippen LogP contribution is 2.29. The summed E-state index contributed by atoms with van der Waals surface area (Å²) in [6.45, 7) is 7.03. The Morgan fingerprint density at radius 1 is 1.38 bits per heavy atom. The molecule has 1 aliphatic rings. The van der Waals surface area contributed by atoms with Gasteiger partial charge in [-0.15, -0.1) is 0 Å². The van der Waals surface area contributed by atoms with Crippen molar-refractivity contribution in [3.8, 4) is 0 Å². The van der Waals surface area contributed by atoms with E-state index in [1.54, 1.807) is 0 Å². The first kappa shape index (κ1) is 15.3. The Morgan fingerprint density at radius 2 is 2.05 bits per heavy atom. The molecule has 2 rings (SSSR count). The maximum Gasteiger partial charge on any atom is 0.292 e. The highest BCUT2D eigenvalue weighted by Gasteiger charge is 2.32. The molecule has 6 heteroatoms. The summed E-state index contributed by atoms with van der Waals surface area (Å²) < 4.78 is 0. The van der Waals surface area contributed by atoms with Crippen LogP contribution in [0, 0.1) is 22.0 Å². The van der Waals surface area contributed by atoms with Crippen molar-refractivity contribution in [2.45, 2.75) is 33.2 Å². The molecular formula is C15H21N3O3. The third-order valence-electron chi connectivity index (χ3n) is 4.33. The van der Waals surface area contributed by atoms with Crippen LogP contribution in [-0.2, 0) is 0 Å². The summed E-state index contributed by atoms with van der Waals surface area (Å²) >= 11 is 0. The van der Waals surface area contributed by atoms with Crippen LogP contribution in [0.25, 0.3) is 0 Å². The summed E-state index contributed by atoms with van der Waals surface area (Å²) in [7, 11) is 0. The normalized spacial score (nSPS) is 25.7. The average Bonchev–Trinajstić information content (AvgIpc) is 2.41. The van der Waals surface area contributed by atoms with Crippen LogP contribution in [0.3, 0.4) is 0 Å². The quantitative estimate of drug-likeness (QED) is 0.515. The van der Waals surface area contributed by atoms with Gasteiger partial charge in [0.2, 0.25) is 0 Å². The zero-order valence-corrected chi connectivity index (χ0v) is 12.6. The van der Waals surface area contributed by atoms with Crippen LogP contribution in [0.1, 0.15) is 37.6 Å².